The molecule has 6 nitrogen and oxygen atoms in total. The third-order valence-electron chi connectivity index (χ3n) is 4.01. The Bertz CT molecular complexity index is 990. The second kappa shape index (κ2) is 8.77. The van der Waals surface area contributed by atoms with Gasteiger partial charge < -0.3 is 15.4 Å². The number of nitrogens with zero attached hydrogens (tertiary/aromatic N) is 1. The summed E-state index contributed by atoms with van der Waals surface area (Å²) in [6, 6.07) is 14.4. The van der Waals surface area contributed by atoms with Gasteiger partial charge in [0.2, 0.25) is 0 Å². The van der Waals surface area contributed by atoms with E-state index in [4.69, 9.17) is 0 Å². The van der Waals surface area contributed by atoms with E-state index in [9.17, 15) is 14.0 Å². The van der Waals surface area contributed by atoms with Gasteiger partial charge >= 0.3 is 5.97 Å². The molecule has 0 aliphatic rings. The van der Waals surface area contributed by atoms with Gasteiger partial charge in [-0.05, 0) is 36.4 Å². The SMILES string of the molecule is COC(=O)c1ccc(NC(=O)c2cncc(NCc3ccccc3F)c2)cc1. The highest BCUT2D eigenvalue weighted by Gasteiger charge is 2.10. The van der Waals surface area contributed by atoms with Crippen molar-refractivity contribution < 1.29 is 18.7 Å². The zero-order chi connectivity index (χ0) is 19.9. The molecule has 3 rings (SSSR count). The largest absolute Gasteiger partial charge is 0.465 e. The fourth-order valence-corrected chi connectivity index (χ4v) is 2.51. The lowest BCUT2D eigenvalue weighted by atomic mass is 10.2. The first-order valence-corrected chi connectivity index (χ1v) is 8.49. The van der Waals surface area contributed by atoms with Gasteiger partial charge in [-0.3, -0.25) is 9.78 Å². The topological polar surface area (TPSA) is 80.3 Å². The first-order valence-electron chi connectivity index (χ1n) is 8.49. The number of ether oxygens (including phenoxy) is 1. The molecule has 0 saturated carbocycles. The summed E-state index contributed by atoms with van der Waals surface area (Å²) in [5.41, 5.74) is 2.37. The Kier molecular flexibility index (Phi) is 5.96. The van der Waals surface area contributed by atoms with Crippen molar-refractivity contribution in [2.24, 2.45) is 0 Å². The number of anilines is 2. The molecule has 0 aliphatic heterocycles. The standard InChI is InChI=1S/C21H18FN3O3/c1-28-21(27)14-6-8-17(9-7-14)25-20(26)16-10-18(13-23-11-16)24-12-15-4-2-3-5-19(15)22/h2-11,13,24H,12H2,1H3,(H,25,26). The molecule has 0 spiro atoms. The van der Waals surface area contributed by atoms with Crippen molar-refractivity contribution in [1.29, 1.82) is 0 Å². The molecule has 7 heteroatoms. The van der Waals surface area contributed by atoms with Crippen LogP contribution in [0.25, 0.3) is 0 Å². The van der Waals surface area contributed by atoms with Crippen LogP contribution in [0.2, 0.25) is 0 Å². The van der Waals surface area contributed by atoms with E-state index in [2.05, 4.69) is 20.4 Å². The average molecular weight is 379 g/mol. The summed E-state index contributed by atoms with van der Waals surface area (Å²) in [7, 11) is 1.30. The summed E-state index contributed by atoms with van der Waals surface area (Å²) in [5, 5.41) is 5.79. The molecule has 0 fully saturated rings. The summed E-state index contributed by atoms with van der Waals surface area (Å²) in [5.74, 6) is -1.10. The Balaban J connectivity index is 1.65. The van der Waals surface area contributed by atoms with E-state index in [1.165, 1.54) is 19.4 Å². The van der Waals surface area contributed by atoms with Gasteiger partial charge in [-0.15, -0.1) is 0 Å². The van der Waals surface area contributed by atoms with Crippen LogP contribution in [-0.2, 0) is 11.3 Å². The summed E-state index contributed by atoms with van der Waals surface area (Å²) in [6.07, 6.45) is 3.00. The predicted molar refractivity (Wildman–Crippen MR) is 104 cm³/mol. The third kappa shape index (κ3) is 4.70. The fourth-order valence-electron chi connectivity index (χ4n) is 2.51. The van der Waals surface area contributed by atoms with Crippen molar-refractivity contribution in [2.45, 2.75) is 6.54 Å². The molecule has 1 aromatic heterocycles. The fraction of sp³-hybridized carbons (Fsp3) is 0.0952. The van der Waals surface area contributed by atoms with Crippen LogP contribution >= 0.6 is 0 Å². The van der Waals surface area contributed by atoms with E-state index in [0.717, 1.165) is 0 Å². The van der Waals surface area contributed by atoms with Crippen LogP contribution < -0.4 is 10.6 Å². The number of nitrogens with one attached hydrogen (secondary N) is 2. The number of benzene rings is 2. The van der Waals surface area contributed by atoms with E-state index in [0.29, 0.717) is 28.1 Å². The molecule has 142 valence electrons. The Morgan fingerprint density at radius 1 is 1.00 bits per heavy atom. The highest BCUT2D eigenvalue weighted by atomic mass is 19.1. The number of hydrogen-bond donors (Lipinski definition) is 2. The van der Waals surface area contributed by atoms with E-state index >= 15 is 0 Å². The monoisotopic (exact) mass is 379 g/mol. The second-order valence-electron chi connectivity index (χ2n) is 5.93. The van der Waals surface area contributed by atoms with Gasteiger partial charge in [-0.1, -0.05) is 18.2 Å². The molecule has 28 heavy (non-hydrogen) atoms. The number of amides is 1. The molecule has 0 bridgehead atoms. The Morgan fingerprint density at radius 3 is 2.46 bits per heavy atom. The van der Waals surface area contributed by atoms with E-state index in [-0.39, 0.29) is 18.3 Å². The maximum absolute atomic E-state index is 13.7. The molecule has 3 aromatic rings. The van der Waals surface area contributed by atoms with Crippen LogP contribution in [0, 0.1) is 5.82 Å². The van der Waals surface area contributed by atoms with Gasteiger partial charge in [0, 0.05) is 30.2 Å². The summed E-state index contributed by atoms with van der Waals surface area (Å²) in [6.45, 7) is 0.272. The number of halogens is 1. The quantitative estimate of drug-likeness (QED) is 0.636. The lowest BCUT2D eigenvalue weighted by Gasteiger charge is -2.09. The number of carbonyl (C=O) groups excluding carboxylic acids is 2. The van der Waals surface area contributed by atoms with Gasteiger partial charge in [0.1, 0.15) is 5.82 Å². The number of methoxy groups -OCH3 is 1. The zero-order valence-corrected chi connectivity index (χ0v) is 15.1. The molecule has 2 N–H and O–H groups in total. The maximum atomic E-state index is 13.7. The van der Waals surface area contributed by atoms with E-state index in [1.807, 2.05) is 0 Å². The van der Waals surface area contributed by atoms with Crippen LogP contribution in [0.5, 0.6) is 0 Å². The van der Waals surface area contributed by atoms with Crippen LogP contribution in [0.15, 0.2) is 67.0 Å². The smallest absolute Gasteiger partial charge is 0.337 e. The lowest BCUT2D eigenvalue weighted by molar-refractivity contribution is 0.0600. The first kappa shape index (κ1) is 19.0. The van der Waals surface area contributed by atoms with Crippen LogP contribution in [0.1, 0.15) is 26.3 Å². The number of aromatic nitrogens is 1. The number of carbonyl (C=O) groups is 2. The highest BCUT2D eigenvalue weighted by Crippen LogP contribution is 2.15. The van der Waals surface area contributed by atoms with Crippen molar-refractivity contribution in [3.63, 3.8) is 0 Å². The molecule has 2 aromatic carbocycles. The summed E-state index contributed by atoms with van der Waals surface area (Å²) in [4.78, 5) is 27.9. The minimum absolute atomic E-state index is 0.272. The predicted octanol–water partition coefficient (Wildman–Crippen LogP) is 3.87. The molecule has 0 radical (unpaired) electrons. The van der Waals surface area contributed by atoms with Crippen molar-refractivity contribution in [2.75, 3.05) is 17.7 Å². The van der Waals surface area contributed by atoms with Gasteiger partial charge in [-0.2, -0.15) is 0 Å². The highest BCUT2D eigenvalue weighted by molar-refractivity contribution is 6.04. The van der Waals surface area contributed by atoms with Crippen molar-refractivity contribution >= 4 is 23.3 Å². The minimum Gasteiger partial charge on any atom is -0.465 e. The average Bonchev–Trinajstić information content (AvgIpc) is 2.73. The molecule has 1 amide bonds. The molecule has 1 heterocycles. The van der Waals surface area contributed by atoms with E-state index in [1.54, 1.807) is 54.7 Å². The first-order chi connectivity index (χ1) is 13.6. The molecular weight excluding hydrogens is 361 g/mol. The number of rotatable bonds is 6. The minimum atomic E-state index is -0.448. The second-order valence-corrected chi connectivity index (χ2v) is 5.93. The van der Waals surface area contributed by atoms with Crippen LogP contribution in [-0.4, -0.2) is 24.0 Å². The lowest BCUT2D eigenvalue weighted by Crippen LogP contribution is -2.13. The Morgan fingerprint density at radius 2 is 1.75 bits per heavy atom. The van der Waals surface area contributed by atoms with E-state index < -0.39 is 5.97 Å². The van der Waals surface area contributed by atoms with Gasteiger partial charge in [-0.25, -0.2) is 9.18 Å². The molecule has 0 atom stereocenters. The zero-order valence-electron chi connectivity index (χ0n) is 15.1. The molecular formula is C21H18FN3O3. The van der Waals surface area contributed by atoms with Gasteiger partial charge in [0.05, 0.1) is 23.9 Å². The third-order valence-corrected chi connectivity index (χ3v) is 4.01. The number of hydrogen-bond acceptors (Lipinski definition) is 5. The van der Waals surface area contributed by atoms with Crippen LogP contribution in [0.3, 0.4) is 0 Å². The summed E-state index contributed by atoms with van der Waals surface area (Å²) >= 11 is 0. The Labute approximate surface area is 161 Å². The van der Waals surface area contributed by atoms with Gasteiger partial charge in [0.15, 0.2) is 0 Å². The maximum Gasteiger partial charge on any atom is 0.337 e. The van der Waals surface area contributed by atoms with Crippen molar-refractivity contribution in [1.82, 2.24) is 4.98 Å². The normalized spacial score (nSPS) is 10.2. The Hall–Kier alpha value is -3.74. The number of pyridine rings is 1. The molecule has 0 aliphatic carbocycles. The molecule has 0 unspecified atom stereocenters. The summed E-state index contributed by atoms with van der Waals surface area (Å²) < 4.78 is 18.3. The van der Waals surface area contributed by atoms with Crippen molar-refractivity contribution in [3.8, 4) is 0 Å². The molecule has 0 saturated heterocycles. The number of esters is 1. The van der Waals surface area contributed by atoms with Crippen LogP contribution in [0.4, 0.5) is 15.8 Å². The van der Waals surface area contributed by atoms with Gasteiger partial charge in [0.25, 0.3) is 5.91 Å². The van der Waals surface area contributed by atoms with Crippen molar-refractivity contribution in [3.05, 3.63) is 89.5 Å².